The number of imidazole rings is 1. The largest absolute Gasteiger partial charge is 0.369 e. The number of anilines is 1. The van der Waals surface area contributed by atoms with Crippen molar-refractivity contribution in [1.82, 2.24) is 14.9 Å². The van der Waals surface area contributed by atoms with Crippen LogP contribution in [0.4, 0.5) is 5.95 Å². The summed E-state index contributed by atoms with van der Waals surface area (Å²) in [6.07, 6.45) is 7.66. The molecule has 1 amide bonds. The van der Waals surface area contributed by atoms with E-state index in [4.69, 9.17) is 5.73 Å². The Morgan fingerprint density at radius 2 is 1.79 bits per heavy atom. The van der Waals surface area contributed by atoms with Gasteiger partial charge >= 0.3 is 0 Å². The molecule has 3 N–H and O–H groups in total. The van der Waals surface area contributed by atoms with Gasteiger partial charge in [-0.15, -0.1) is 0 Å². The van der Waals surface area contributed by atoms with Crippen molar-refractivity contribution in [1.29, 1.82) is 0 Å². The second kappa shape index (κ2) is 4.98. The number of carbonyl (C=O) groups is 1. The van der Waals surface area contributed by atoms with Crippen LogP contribution in [0.5, 0.6) is 0 Å². The highest BCUT2D eigenvalue weighted by atomic mass is 16.2. The Bertz CT molecular complexity index is 774. The van der Waals surface area contributed by atoms with E-state index in [1.807, 2.05) is 28.8 Å². The Labute approximate surface area is 141 Å². The maximum atomic E-state index is 12.8. The first-order valence-electron chi connectivity index (χ1n) is 9.12. The first-order valence-corrected chi connectivity index (χ1v) is 9.12. The minimum absolute atomic E-state index is 0.0526. The number of rotatable bonds is 3. The molecule has 0 aliphatic heterocycles. The van der Waals surface area contributed by atoms with Crippen molar-refractivity contribution < 1.29 is 4.79 Å². The second-order valence-corrected chi connectivity index (χ2v) is 8.29. The number of benzene rings is 1. The molecule has 126 valence electrons. The Morgan fingerprint density at radius 3 is 2.46 bits per heavy atom. The van der Waals surface area contributed by atoms with Crippen LogP contribution in [0, 0.1) is 17.8 Å². The zero-order valence-electron chi connectivity index (χ0n) is 13.9. The lowest BCUT2D eigenvalue weighted by Crippen LogP contribution is -2.60. The molecular formula is C19H24N4O. The van der Waals surface area contributed by atoms with E-state index in [9.17, 15) is 4.79 Å². The molecule has 5 nitrogen and oxygen atoms in total. The molecule has 1 aromatic carbocycles. The van der Waals surface area contributed by atoms with Crippen LogP contribution < -0.4 is 11.1 Å². The number of nitrogens with zero attached hydrogens (tertiary/aromatic N) is 2. The van der Waals surface area contributed by atoms with Gasteiger partial charge in [-0.25, -0.2) is 4.98 Å². The average Bonchev–Trinajstić information content (AvgIpc) is 2.81. The summed E-state index contributed by atoms with van der Waals surface area (Å²) >= 11 is 0. The normalized spacial score (nSPS) is 33.9. The van der Waals surface area contributed by atoms with Gasteiger partial charge in [0.15, 0.2) is 0 Å². The van der Waals surface area contributed by atoms with Gasteiger partial charge in [0.05, 0.1) is 11.0 Å². The summed E-state index contributed by atoms with van der Waals surface area (Å²) in [6.45, 7) is 0.258. The molecule has 6 rings (SSSR count). The van der Waals surface area contributed by atoms with E-state index in [0.717, 1.165) is 28.8 Å². The molecule has 4 aliphatic rings. The number of hydrogen-bond acceptors (Lipinski definition) is 3. The van der Waals surface area contributed by atoms with Crippen LogP contribution >= 0.6 is 0 Å². The van der Waals surface area contributed by atoms with Gasteiger partial charge in [0.2, 0.25) is 11.9 Å². The van der Waals surface area contributed by atoms with E-state index in [-0.39, 0.29) is 18.0 Å². The van der Waals surface area contributed by atoms with Crippen molar-refractivity contribution in [2.45, 2.75) is 50.6 Å². The van der Waals surface area contributed by atoms with Crippen molar-refractivity contribution in [2.75, 3.05) is 5.73 Å². The standard InChI is InChI=1S/C19H24N4O/c20-18-21-15-3-1-2-4-16(15)23(18)11-17(24)22-19-8-12-5-13(9-19)7-14(6-12)10-19/h1-4,12-14H,5-11H2,(H2,20,21)(H,22,24). The van der Waals surface area contributed by atoms with Crippen molar-refractivity contribution in [3.05, 3.63) is 24.3 Å². The van der Waals surface area contributed by atoms with Crippen molar-refractivity contribution in [3.63, 3.8) is 0 Å². The minimum Gasteiger partial charge on any atom is -0.369 e. The summed E-state index contributed by atoms with van der Waals surface area (Å²) in [5.41, 5.74) is 7.86. The lowest BCUT2D eigenvalue weighted by Gasteiger charge is -2.56. The molecule has 0 atom stereocenters. The van der Waals surface area contributed by atoms with Crippen LogP contribution in [-0.4, -0.2) is 21.0 Å². The summed E-state index contributed by atoms with van der Waals surface area (Å²) in [5, 5.41) is 3.41. The highest BCUT2D eigenvalue weighted by Crippen LogP contribution is 2.55. The minimum atomic E-state index is 0.0526. The molecule has 5 heteroatoms. The third kappa shape index (κ3) is 2.21. The van der Waals surface area contributed by atoms with Crippen LogP contribution in [-0.2, 0) is 11.3 Å². The topological polar surface area (TPSA) is 72.9 Å². The van der Waals surface area contributed by atoms with Gasteiger partial charge in [-0.2, -0.15) is 0 Å². The Balaban J connectivity index is 1.37. The maximum Gasteiger partial charge on any atom is 0.240 e. The molecule has 4 bridgehead atoms. The quantitative estimate of drug-likeness (QED) is 0.912. The highest BCUT2D eigenvalue weighted by Gasteiger charge is 2.51. The number of carbonyl (C=O) groups excluding carboxylic acids is 1. The molecule has 0 radical (unpaired) electrons. The number of nitrogens with one attached hydrogen (secondary N) is 1. The molecule has 0 saturated heterocycles. The number of amides is 1. The second-order valence-electron chi connectivity index (χ2n) is 8.29. The van der Waals surface area contributed by atoms with Crippen molar-refractivity contribution in [2.24, 2.45) is 17.8 Å². The van der Waals surface area contributed by atoms with E-state index in [2.05, 4.69) is 10.3 Å². The van der Waals surface area contributed by atoms with Gasteiger partial charge < -0.3 is 15.6 Å². The maximum absolute atomic E-state index is 12.8. The highest BCUT2D eigenvalue weighted by molar-refractivity contribution is 5.83. The molecule has 1 aromatic heterocycles. The number of aromatic nitrogens is 2. The van der Waals surface area contributed by atoms with Gasteiger partial charge in [-0.3, -0.25) is 4.79 Å². The molecular weight excluding hydrogens is 300 g/mol. The Morgan fingerprint density at radius 1 is 1.17 bits per heavy atom. The fourth-order valence-electron chi connectivity index (χ4n) is 6.00. The molecule has 0 unspecified atom stereocenters. The molecule has 4 fully saturated rings. The fraction of sp³-hybridized carbons (Fsp3) is 0.579. The van der Waals surface area contributed by atoms with E-state index in [0.29, 0.717) is 5.95 Å². The van der Waals surface area contributed by atoms with Crippen LogP contribution in [0.1, 0.15) is 38.5 Å². The van der Waals surface area contributed by atoms with E-state index < -0.39 is 0 Å². The third-order valence-electron chi connectivity index (χ3n) is 6.43. The van der Waals surface area contributed by atoms with Gasteiger partial charge in [-0.1, -0.05) is 12.1 Å². The summed E-state index contributed by atoms with van der Waals surface area (Å²) in [4.78, 5) is 17.1. The van der Waals surface area contributed by atoms with E-state index in [1.165, 1.54) is 38.5 Å². The van der Waals surface area contributed by atoms with E-state index >= 15 is 0 Å². The predicted octanol–water partition coefficient (Wildman–Crippen LogP) is 2.70. The Kier molecular flexibility index (Phi) is 2.97. The van der Waals surface area contributed by atoms with Gasteiger partial charge in [0.25, 0.3) is 0 Å². The molecule has 0 spiro atoms. The number of para-hydroxylation sites is 2. The fourth-order valence-corrected chi connectivity index (χ4v) is 6.00. The number of hydrogen-bond donors (Lipinski definition) is 2. The van der Waals surface area contributed by atoms with Crippen molar-refractivity contribution in [3.8, 4) is 0 Å². The van der Waals surface area contributed by atoms with Gasteiger partial charge in [0.1, 0.15) is 6.54 Å². The lowest BCUT2D eigenvalue weighted by molar-refractivity contribution is -0.127. The molecule has 1 heterocycles. The zero-order chi connectivity index (χ0) is 16.3. The summed E-state index contributed by atoms with van der Waals surface area (Å²) < 4.78 is 1.82. The lowest BCUT2D eigenvalue weighted by atomic mass is 9.53. The first-order chi connectivity index (χ1) is 11.6. The van der Waals surface area contributed by atoms with Crippen molar-refractivity contribution >= 4 is 22.9 Å². The third-order valence-corrected chi connectivity index (χ3v) is 6.43. The molecule has 24 heavy (non-hydrogen) atoms. The van der Waals surface area contributed by atoms with Gasteiger partial charge in [-0.05, 0) is 68.4 Å². The van der Waals surface area contributed by atoms with Crippen LogP contribution in [0.2, 0.25) is 0 Å². The monoisotopic (exact) mass is 324 g/mol. The summed E-state index contributed by atoms with van der Waals surface area (Å²) in [6, 6.07) is 7.79. The summed E-state index contributed by atoms with van der Waals surface area (Å²) in [5.74, 6) is 2.98. The number of nitrogens with two attached hydrogens (primary N) is 1. The predicted molar refractivity (Wildman–Crippen MR) is 93.2 cm³/mol. The SMILES string of the molecule is Nc1nc2ccccc2n1CC(=O)NC12CC3CC(CC(C3)C1)C2. The van der Waals surface area contributed by atoms with Crippen LogP contribution in [0.25, 0.3) is 11.0 Å². The molecule has 2 aromatic rings. The Hall–Kier alpha value is -2.04. The first kappa shape index (κ1) is 14.3. The smallest absolute Gasteiger partial charge is 0.240 e. The number of nitrogen functional groups attached to an aromatic ring is 1. The molecule has 4 saturated carbocycles. The number of fused-ring (bicyclic) bond motifs is 1. The van der Waals surface area contributed by atoms with Gasteiger partial charge in [0, 0.05) is 5.54 Å². The van der Waals surface area contributed by atoms with E-state index in [1.54, 1.807) is 0 Å². The van der Waals surface area contributed by atoms with Crippen LogP contribution in [0.15, 0.2) is 24.3 Å². The summed E-state index contributed by atoms with van der Waals surface area (Å²) in [7, 11) is 0. The average molecular weight is 324 g/mol. The van der Waals surface area contributed by atoms with Crippen LogP contribution in [0.3, 0.4) is 0 Å². The molecule has 4 aliphatic carbocycles. The zero-order valence-corrected chi connectivity index (χ0v) is 13.9.